The number of pyridine rings is 1. The van der Waals surface area contributed by atoms with Crippen LogP contribution in [0.2, 0.25) is 0 Å². The first-order valence-corrected chi connectivity index (χ1v) is 9.57. The molecular weight excluding hydrogens is 356 g/mol. The van der Waals surface area contributed by atoms with E-state index in [1.807, 2.05) is 45.0 Å². The molecule has 2 aromatic rings. The molecule has 2 heterocycles. The number of methoxy groups -OCH3 is 1. The second kappa shape index (κ2) is 7.78. The fourth-order valence-corrected chi connectivity index (χ4v) is 3.61. The predicted molar refractivity (Wildman–Crippen MR) is 108 cm³/mol. The van der Waals surface area contributed by atoms with E-state index >= 15 is 0 Å². The first-order valence-electron chi connectivity index (χ1n) is 9.57. The molecule has 1 amide bonds. The van der Waals surface area contributed by atoms with Crippen LogP contribution < -0.4 is 9.47 Å². The molecule has 2 atom stereocenters. The van der Waals surface area contributed by atoms with E-state index in [0.717, 1.165) is 16.5 Å². The van der Waals surface area contributed by atoms with E-state index in [9.17, 15) is 9.59 Å². The van der Waals surface area contributed by atoms with Crippen molar-refractivity contribution in [3.05, 3.63) is 30.5 Å². The number of amides is 1. The minimum absolute atomic E-state index is 0.00517. The Hall–Kier alpha value is -2.63. The number of hydrogen-bond acceptors (Lipinski definition) is 5. The average Bonchev–Trinajstić information content (AvgIpc) is 3.04. The van der Waals surface area contributed by atoms with Gasteiger partial charge in [-0.1, -0.05) is 20.8 Å². The number of carbonyl (C=O) groups is 2. The molecule has 150 valence electrons. The molecule has 1 saturated heterocycles. The van der Waals surface area contributed by atoms with Gasteiger partial charge < -0.3 is 14.4 Å². The molecule has 6 nitrogen and oxygen atoms in total. The third-order valence-corrected chi connectivity index (χ3v) is 4.95. The van der Waals surface area contributed by atoms with E-state index in [1.165, 1.54) is 6.92 Å². The molecule has 1 aliphatic rings. The summed E-state index contributed by atoms with van der Waals surface area (Å²) in [5.74, 6) is 1.26. The summed E-state index contributed by atoms with van der Waals surface area (Å²) in [5, 5.41) is 1.84. The maximum absolute atomic E-state index is 12.7. The number of aromatic nitrogens is 1. The van der Waals surface area contributed by atoms with Gasteiger partial charge in [0.25, 0.3) is 0 Å². The summed E-state index contributed by atoms with van der Waals surface area (Å²) in [4.78, 5) is 30.9. The molecule has 0 N–H and O–H groups in total. The molecule has 1 aromatic heterocycles. The Labute approximate surface area is 165 Å². The third-order valence-electron chi connectivity index (χ3n) is 4.95. The van der Waals surface area contributed by atoms with E-state index in [4.69, 9.17) is 9.47 Å². The Morgan fingerprint density at radius 1 is 1.25 bits per heavy atom. The summed E-state index contributed by atoms with van der Waals surface area (Å²) in [6, 6.07) is 7.17. The van der Waals surface area contributed by atoms with Crippen LogP contribution in [0.3, 0.4) is 0 Å². The number of likely N-dealkylation sites (tertiary alicyclic amines) is 1. The Morgan fingerprint density at radius 3 is 2.64 bits per heavy atom. The lowest BCUT2D eigenvalue weighted by Gasteiger charge is -2.26. The van der Waals surface area contributed by atoms with Crippen LogP contribution in [-0.2, 0) is 9.59 Å². The Balaban J connectivity index is 1.81. The van der Waals surface area contributed by atoms with Crippen molar-refractivity contribution >= 4 is 22.5 Å². The summed E-state index contributed by atoms with van der Waals surface area (Å²) >= 11 is 0. The van der Waals surface area contributed by atoms with Gasteiger partial charge in [0, 0.05) is 24.4 Å². The Kier molecular flexibility index (Phi) is 5.59. The molecule has 6 heteroatoms. The summed E-state index contributed by atoms with van der Waals surface area (Å²) in [7, 11) is 1.63. The lowest BCUT2D eigenvalue weighted by molar-refractivity contribution is -0.138. The average molecular weight is 384 g/mol. The SMILES string of the molecule is COc1ccc2c(O[C@@H]3C[C@@H](C(C)=O)N(C(=O)CC(C)(C)C)C3)nccc2c1. The third kappa shape index (κ3) is 4.43. The van der Waals surface area contributed by atoms with Crippen molar-refractivity contribution in [2.75, 3.05) is 13.7 Å². The van der Waals surface area contributed by atoms with Crippen molar-refractivity contribution < 1.29 is 19.1 Å². The zero-order valence-electron chi connectivity index (χ0n) is 17.2. The van der Waals surface area contributed by atoms with Crippen LogP contribution >= 0.6 is 0 Å². The fraction of sp³-hybridized carbons (Fsp3) is 0.500. The fourth-order valence-electron chi connectivity index (χ4n) is 3.61. The topological polar surface area (TPSA) is 68.7 Å². The van der Waals surface area contributed by atoms with E-state index in [-0.39, 0.29) is 23.2 Å². The van der Waals surface area contributed by atoms with E-state index < -0.39 is 6.04 Å². The van der Waals surface area contributed by atoms with Crippen molar-refractivity contribution in [2.45, 2.75) is 52.7 Å². The monoisotopic (exact) mass is 384 g/mol. The quantitative estimate of drug-likeness (QED) is 0.788. The zero-order chi connectivity index (χ0) is 20.5. The van der Waals surface area contributed by atoms with E-state index in [2.05, 4.69) is 4.98 Å². The van der Waals surface area contributed by atoms with Gasteiger partial charge in [-0.25, -0.2) is 4.98 Å². The number of ether oxygens (including phenoxy) is 2. The van der Waals surface area contributed by atoms with Crippen LogP contribution in [-0.4, -0.2) is 47.4 Å². The maximum atomic E-state index is 12.7. The number of nitrogens with zero attached hydrogens (tertiary/aromatic N) is 2. The lowest BCUT2D eigenvalue weighted by atomic mass is 9.91. The first-order chi connectivity index (χ1) is 13.2. The highest BCUT2D eigenvalue weighted by molar-refractivity contribution is 5.89. The van der Waals surface area contributed by atoms with E-state index in [1.54, 1.807) is 18.2 Å². The van der Waals surface area contributed by atoms with Gasteiger partial charge in [-0.05, 0) is 42.0 Å². The molecule has 0 unspecified atom stereocenters. The molecule has 0 aliphatic carbocycles. The van der Waals surface area contributed by atoms with Crippen molar-refractivity contribution in [3.8, 4) is 11.6 Å². The van der Waals surface area contributed by atoms with Crippen molar-refractivity contribution in [3.63, 3.8) is 0 Å². The predicted octanol–water partition coefficient (Wildman–Crippen LogP) is 3.62. The molecule has 0 radical (unpaired) electrons. The van der Waals surface area contributed by atoms with Gasteiger partial charge in [-0.3, -0.25) is 9.59 Å². The number of hydrogen-bond donors (Lipinski definition) is 0. The molecule has 0 saturated carbocycles. The second-order valence-electron chi connectivity index (χ2n) is 8.59. The number of benzene rings is 1. The van der Waals surface area contributed by atoms with Crippen LogP contribution in [0.15, 0.2) is 30.5 Å². The molecule has 3 rings (SSSR count). The molecule has 0 spiro atoms. The van der Waals surface area contributed by atoms with Gasteiger partial charge in [0.05, 0.1) is 19.7 Å². The standard InChI is InChI=1S/C22H28N2O4/c1-14(25)19-11-17(13-24(19)20(26)12-22(2,3)4)28-21-18-7-6-16(27-5)10-15(18)8-9-23-21/h6-10,17,19H,11-13H2,1-5H3/t17-,19+/m1/s1. The summed E-state index contributed by atoms with van der Waals surface area (Å²) < 4.78 is 11.4. The molecule has 28 heavy (non-hydrogen) atoms. The normalized spacial score (nSPS) is 19.7. The number of rotatable bonds is 5. The highest BCUT2D eigenvalue weighted by Gasteiger charge is 2.40. The van der Waals surface area contributed by atoms with Gasteiger partial charge in [0.1, 0.15) is 11.9 Å². The second-order valence-corrected chi connectivity index (χ2v) is 8.59. The van der Waals surface area contributed by atoms with Crippen LogP contribution in [0.5, 0.6) is 11.6 Å². The minimum atomic E-state index is -0.435. The van der Waals surface area contributed by atoms with Gasteiger partial charge in [-0.2, -0.15) is 0 Å². The summed E-state index contributed by atoms with van der Waals surface area (Å²) in [6.07, 6.45) is 2.31. The van der Waals surface area contributed by atoms with Gasteiger partial charge in [0.2, 0.25) is 11.8 Å². The largest absolute Gasteiger partial charge is 0.497 e. The Morgan fingerprint density at radius 2 is 2.00 bits per heavy atom. The van der Waals surface area contributed by atoms with E-state index in [0.29, 0.717) is 25.3 Å². The molecule has 1 aliphatic heterocycles. The summed E-state index contributed by atoms with van der Waals surface area (Å²) in [6.45, 7) is 7.99. The molecule has 0 bridgehead atoms. The van der Waals surface area contributed by atoms with Crippen LogP contribution in [0.25, 0.3) is 10.8 Å². The Bertz CT molecular complexity index is 888. The number of fused-ring (bicyclic) bond motifs is 1. The van der Waals surface area contributed by atoms with Crippen LogP contribution in [0.4, 0.5) is 0 Å². The number of carbonyl (C=O) groups excluding carboxylic acids is 2. The minimum Gasteiger partial charge on any atom is -0.497 e. The van der Waals surface area contributed by atoms with Crippen molar-refractivity contribution in [1.29, 1.82) is 0 Å². The van der Waals surface area contributed by atoms with Gasteiger partial charge >= 0.3 is 0 Å². The first kappa shape index (κ1) is 20.1. The molecular formula is C22H28N2O4. The van der Waals surface area contributed by atoms with Gasteiger partial charge in [0.15, 0.2) is 5.78 Å². The maximum Gasteiger partial charge on any atom is 0.223 e. The smallest absolute Gasteiger partial charge is 0.223 e. The lowest BCUT2D eigenvalue weighted by Crippen LogP contribution is -2.41. The zero-order valence-corrected chi connectivity index (χ0v) is 17.2. The highest BCUT2D eigenvalue weighted by Crippen LogP contribution is 2.31. The van der Waals surface area contributed by atoms with Crippen LogP contribution in [0.1, 0.15) is 40.5 Å². The van der Waals surface area contributed by atoms with Crippen molar-refractivity contribution in [2.24, 2.45) is 5.41 Å². The molecule has 1 fully saturated rings. The number of Topliss-reactive ketones (excluding diaryl/α,β-unsaturated/α-hetero) is 1. The van der Waals surface area contributed by atoms with Gasteiger partial charge in [-0.15, -0.1) is 0 Å². The number of ketones is 1. The molecule has 1 aromatic carbocycles. The highest BCUT2D eigenvalue weighted by atomic mass is 16.5. The van der Waals surface area contributed by atoms with Crippen molar-refractivity contribution in [1.82, 2.24) is 9.88 Å². The van der Waals surface area contributed by atoms with Crippen LogP contribution in [0, 0.1) is 5.41 Å². The summed E-state index contributed by atoms with van der Waals surface area (Å²) in [5.41, 5.74) is -0.131.